The van der Waals surface area contributed by atoms with Crippen LogP contribution in [0.1, 0.15) is 129 Å². The summed E-state index contributed by atoms with van der Waals surface area (Å²) in [5.41, 5.74) is 11.9. The van der Waals surface area contributed by atoms with Gasteiger partial charge in [0.05, 0.1) is 0 Å². The maximum Gasteiger partial charge on any atom is -1.00 e. The summed E-state index contributed by atoms with van der Waals surface area (Å²) >= 11 is 1.79. The molecule has 0 atom stereocenters. The van der Waals surface area contributed by atoms with Gasteiger partial charge in [-0.05, 0) is 57.8 Å². The largest absolute Gasteiger partial charge is 1.00 e. The molecule has 2 saturated carbocycles. The van der Waals surface area contributed by atoms with Gasteiger partial charge in [-0.1, -0.05) is 165 Å². The number of rotatable bonds is 8. The van der Waals surface area contributed by atoms with E-state index in [2.05, 4.69) is 164 Å². The summed E-state index contributed by atoms with van der Waals surface area (Å²) in [7, 11) is 0. The smallest absolute Gasteiger partial charge is 1.00 e. The number of hydrogen-bond acceptors (Lipinski definition) is 0. The van der Waals surface area contributed by atoms with E-state index in [0.717, 1.165) is 11.8 Å². The van der Waals surface area contributed by atoms with E-state index in [-0.39, 0.29) is 41.1 Å². The first-order valence-corrected chi connectivity index (χ1v) is 27.8. The Balaban J connectivity index is 0.000000219. The van der Waals surface area contributed by atoms with Crippen LogP contribution in [0.5, 0.6) is 0 Å². The molecule has 58 heavy (non-hydrogen) atoms. The first kappa shape index (κ1) is 48.4. The van der Waals surface area contributed by atoms with Crippen molar-refractivity contribution in [1.29, 1.82) is 0 Å². The predicted octanol–water partition coefficient (Wildman–Crippen LogP) is 10.1. The molecule has 2 aliphatic rings. The number of halogens is 2. The summed E-state index contributed by atoms with van der Waals surface area (Å²) in [6.07, 6.45) is 15.3. The van der Waals surface area contributed by atoms with Gasteiger partial charge in [-0.2, -0.15) is 12.1 Å². The van der Waals surface area contributed by atoms with Gasteiger partial charge in [-0.15, -0.1) is 69.1 Å². The van der Waals surface area contributed by atoms with Gasteiger partial charge in [0.2, 0.25) is 0 Å². The van der Waals surface area contributed by atoms with Crippen molar-refractivity contribution in [2.24, 2.45) is 11.8 Å². The monoisotopic (exact) mass is 904 g/mol. The third-order valence-electron chi connectivity index (χ3n) is 12.4. The second-order valence-corrected chi connectivity index (χ2v) is 27.6. The van der Waals surface area contributed by atoms with E-state index in [1.807, 2.05) is 0 Å². The van der Waals surface area contributed by atoms with Crippen LogP contribution in [0.3, 0.4) is 0 Å². The van der Waals surface area contributed by atoms with Gasteiger partial charge in [0.1, 0.15) is 0 Å². The summed E-state index contributed by atoms with van der Waals surface area (Å²) in [5.74, 6) is 1.82. The van der Waals surface area contributed by atoms with Crippen LogP contribution in [0, 0.1) is 11.8 Å². The molecule has 0 N–H and O–H groups in total. The first-order chi connectivity index (χ1) is 26.8. The van der Waals surface area contributed by atoms with Crippen molar-refractivity contribution in [1.82, 2.24) is 0 Å². The Morgan fingerprint density at radius 3 is 1.22 bits per heavy atom. The molecule has 0 aliphatic heterocycles. The molecule has 308 valence electrons. The van der Waals surface area contributed by atoms with Crippen LogP contribution in [-0.4, -0.2) is 5.43 Å². The topological polar surface area (TPSA) is 0 Å². The summed E-state index contributed by atoms with van der Waals surface area (Å²) < 4.78 is 0. The second-order valence-electron chi connectivity index (χ2n) is 19.2. The molecule has 0 saturated heterocycles. The summed E-state index contributed by atoms with van der Waals surface area (Å²) in [6, 6.07) is 43.0. The van der Waals surface area contributed by atoms with E-state index in [0.29, 0.717) is 0 Å². The van der Waals surface area contributed by atoms with Crippen molar-refractivity contribution >= 4 is 27.0 Å². The Hall–Kier alpha value is -2.22. The van der Waals surface area contributed by atoms with Gasteiger partial charge in [-0.25, -0.2) is 0 Å². The van der Waals surface area contributed by atoms with Crippen LogP contribution in [-0.2, 0) is 47.0 Å². The minimum atomic E-state index is 0. The minimum absolute atomic E-state index is 0. The molecule has 2 fully saturated rings. The van der Waals surface area contributed by atoms with Crippen molar-refractivity contribution in [2.45, 2.75) is 143 Å². The molecule has 8 rings (SSSR count). The number of fused-ring (bicyclic) bond motifs is 2. The van der Waals surface area contributed by atoms with Crippen LogP contribution in [0.15, 0.2) is 109 Å². The van der Waals surface area contributed by atoms with Crippen molar-refractivity contribution in [3.8, 4) is 22.3 Å². The van der Waals surface area contributed by atoms with Crippen LogP contribution < -0.4 is 24.8 Å². The van der Waals surface area contributed by atoms with Crippen LogP contribution in [0.4, 0.5) is 0 Å². The standard InChI is InChI=1S/2C25H29.C4H10Si.2ClH.Zr/c2*1-25(2,3)22-13-11-20(12-14-22)23-10-6-9-21-16-19(17-24(21)23)15-18-7-4-5-8-18;1-3-4-5-2;;;/h2*6,9-14,16-18H,4-5,7-8,15H2,1-3H3;3-4H2,1-2H3;2*1H;/q2*-1;;;;+2/p-2. The van der Waals surface area contributed by atoms with E-state index >= 15 is 0 Å². The maximum absolute atomic E-state index is 2.45. The van der Waals surface area contributed by atoms with Gasteiger partial charge in [0.25, 0.3) is 0 Å². The van der Waals surface area contributed by atoms with E-state index in [9.17, 15) is 0 Å². The van der Waals surface area contributed by atoms with Gasteiger partial charge in [0.15, 0.2) is 0 Å². The maximum atomic E-state index is 2.45. The van der Waals surface area contributed by atoms with Crippen LogP contribution in [0.2, 0.25) is 12.6 Å². The number of benzene rings is 4. The second kappa shape index (κ2) is 22.0. The molecule has 0 radical (unpaired) electrons. The fourth-order valence-corrected chi connectivity index (χ4v) is 11.7. The zero-order chi connectivity index (χ0) is 39.9. The normalized spacial score (nSPS) is 14.7. The zero-order valence-corrected chi connectivity index (χ0v) is 41.8. The van der Waals surface area contributed by atoms with E-state index < -0.39 is 0 Å². The van der Waals surface area contributed by atoms with Gasteiger partial charge < -0.3 is 24.8 Å². The molecule has 2 aliphatic carbocycles. The third-order valence-corrected chi connectivity index (χ3v) is 15.5. The van der Waals surface area contributed by atoms with Crippen LogP contribution in [0.25, 0.3) is 43.8 Å². The summed E-state index contributed by atoms with van der Waals surface area (Å²) in [6.45, 7) is 18.3. The number of hydrogen-bond donors (Lipinski definition) is 0. The Labute approximate surface area is 380 Å². The molecule has 6 aromatic rings. The molecule has 6 aromatic carbocycles. The van der Waals surface area contributed by atoms with Crippen molar-refractivity contribution < 1.29 is 48.1 Å². The SMILES string of the molecule is CC(C)(C)c1ccc(-c2cccc3[cH-]c(CC4CCCC4)cc23)cc1.CC(C)(C)c1ccc(-c2cccc3[cH-]c(CC4CCCC4)cc23)cc1.CCC[Si](C)=[Zr+2].[Cl-].[Cl-]. The molecule has 0 nitrogen and oxygen atoms in total. The van der Waals surface area contributed by atoms with Crippen molar-refractivity contribution in [2.75, 3.05) is 0 Å². The average molecular weight is 907 g/mol. The average Bonchev–Trinajstić information content (AvgIpc) is 4.00. The zero-order valence-electron chi connectivity index (χ0n) is 36.8. The fraction of sp³-hybridized carbons (Fsp3) is 0.444. The first-order valence-electron chi connectivity index (χ1n) is 21.9. The molecular weight excluding hydrogens is 839 g/mol. The third kappa shape index (κ3) is 13.1. The summed E-state index contributed by atoms with van der Waals surface area (Å²) in [5, 5.41) is 5.62. The molecule has 0 amide bonds. The fourth-order valence-electron chi connectivity index (χ4n) is 9.10. The molecule has 0 aromatic heterocycles. The van der Waals surface area contributed by atoms with E-state index in [1.54, 1.807) is 23.3 Å². The molecule has 0 spiro atoms. The molecular formula is C54H68Cl2SiZr-2. The van der Waals surface area contributed by atoms with Gasteiger partial charge in [-0.3, -0.25) is 0 Å². The van der Waals surface area contributed by atoms with E-state index in [4.69, 9.17) is 0 Å². The molecule has 4 heteroatoms. The quantitative estimate of drug-likeness (QED) is 0.106. The molecule has 0 unspecified atom stereocenters. The summed E-state index contributed by atoms with van der Waals surface area (Å²) in [4.78, 5) is 0. The molecule has 0 heterocycles. The van der Waals surface area contributed by atoms with Gasteiger partial charge >= 0.3 is 54.7 Å². The Morgan fingerprint density at radius 1 is 0.569 bits per heavy atom. The molecule has 0 bridgehead atoms. The Kier molecular flexibility index (Phi) is 18.4. The van der Waals surface area contributed by atoms with Crippen molar-refractivity contribution in [3.63, 3.8) is 0 Å². The van der Waals surface area contributed by atoms with Gasteiger partial charge in [0, 0.05) is 0 Å². The van der Waals surface area contributed by atoms with E-state index in [1.165, 1.54) is 143 Å². The Morgan fingerprint density at radius 2 is 0.931 bits per heavy atom. The van der Waals surface area contributed by atoms with Crippen molar-refractivity contribution in [3.05, 3.63) is 131 Å². The predicted molar refractivity (Wildman–Crippen MR) is 245 cm³/mol. The minimum Gasteiger partial charge on any atom is -1.00 e. The van der Waals surface area contributed by atoms with Crippen LogP contribution >= 0.6 is 0 Å². The Bertz CT molecular complexity index is 2010.